The second kappa shape index (κ2) is 12.7. The summed E-state index contributed by atoms with van der Waals surface area (Å²) >= 11 is 0. The Hall–Kier alpha value is -3.92. The van der Waals surface area contributed by atoms with Gasteiger partial charge < -0.3 is 29.5 Å². The Morgan fingerprint density at radius 2 is 1.78 bits per heavy atom. The van der Waals surface area contributed by atoms with Gasteiger partial charge >= 0.3 is 0 Å². The highest BCUT2D eigenvalue weighted by Crippen LogP contribution is 2.56. The Kier molecular flexibility index (Phi) is 9.11. The van der Waals surface area contributed by atoms with Crippen molar-refractivity contribution in [1.82, 2.24) is 5.32 Å². The van der Waals surface area contributed by atoms with Gasteiger partial charge in [0.15, 0.2) is 5.71 Å². The number of carbonyl (C=O) groups excluding carboxylic acids is 1. The minimum atomic E-state index is -4.68. The van der Waals surface area contributed by atoms with Crippen molar-refractivity contribution in [3.8, 4) is 0 Å². The molecule has 266 valence electrons. The van der Waals surface area contributed by atoms with E-state index in [1.807, 2.05) is 43.0 Å². The SMILES string of the molecule is CC(=O)NC(=C\C=C1/CCC2(C)C1=[N+](CO)c1ccc(S(=O)(=O)[O-])cc12)/C=C/C1=C2N(CC(O)CS(=O)(=O)[O-])c3ccc(C)cc3C2(C)CC1. The van der Waals surface area contributed by atoms with Crippen molar-refractivity contribution in [3.63, 3.8) is 0 Å². The summed E-state index contributed by atoms with van der Waals surface area (Å²) in [5, 5.41) is 23.9. The topological polar surface area (TPSA) is 190 Å². The zero-order chi connectivity index (χ0) is 36.4. The van der Waals surface area contributed by atoms with E-state index in [-0.39, 0.29) is 24.1 Å². The smallest absolute Gasteiger partial charge is 0.251 e. The quantitative estimate of drug-likeness (QED) is 0.187. The fraction of sp³-hybridized carbons (Fsp3) is 0.389. The Morgan fingerprint density at radius 3 is 2.44 bits per heavy atom. The molecule has 6 rings (SSSR count). The number of rotatable bonds is 10. The van der Waals surface area contributed by atoms with Crippen molar-refractivity contribution in [2.75, 3.05) is 23.9 Å². The molecule has 0 saturated heterocycles. The van der Waals surface area contributed by atoms with E-state index in [0.29, 0.717) is 36.2 Å². The molecule has 0 aromatic heterocycles. The van der Waals surface area contributed by atoms with Gasteiger partial charge in [0.2, 0.25) is 11.6 Å². The number of nitrogens with zero attached hydrogens (tertiary/aromatic N) is 2. The molecule has 2 aromatic carbocycles. The first-order valence-electron chi connectivity index (χ1n) is 16.3. The Morgan fingerprint density at radius 1 is 1.06 bits per heavy atom. The van der Waals surface area contributed by atoms with Gasteiger partial charge in [0, 0.05) is 53.2 Å². The Balaban J connectivity index is 1.37. The number of aliphatic hydroxyl groups excluding tert-OH is 2. The van der Waals surface area contributed by atoms with Gasteiger partial charge in [-0.25, -0.2) is 16.8 Å². The van der Waals surface area contributed by atoms with Crippen molar-refractivity contribution in [2.45, 2.75) is 75.2 Å². The lowest BCUT2D eigenvalue weighted by molar-refractivity contribution is -0.482. The maximum absolute atomic E-state index is 12.3. The third-order valence-electron chi connectivity index (χ3n) is 10.3. The van der Waals surface area contributed by atoms with Crippen molar-refractivity contribution >= 4 is 43.2 Å². The van der Waals surface area contributed by atoms with Crippen LogP contribution in [0.4, 0.5) is 11.4 Å². The molecule has 2 aromatic rings. The maximum Gasteiger partial charge on any atom is 0.251 e. The summed E-state index contributed by atoms with van der Waals surface area (Å²) in [6.07, 6.45) is 8.59. The van der Waals surface area contributed by atoms with Crippen LogP contribution in [-0.2, 0) is 35.9 Å². The average molecular weight is 723 g/mol. The molecule has 0 radical (unpaired) electrons. The third kappa shape index (κ3) is 6.40. The van der Waals surface area contributed by atoms with Crippen LogP contribution in [0.1, 0.15) is 63.1 Å². The Bertz CT molecular complexity index is 2180. The first kappa shape index (κ1) is 35.9. The van der Waals surface area contributed by atoms with Crippen molar-refractivity contribution in [2.24, 2.45) is 0 Å². The molecule has 1 fully saturated rings. The van der Waals surface area contributed by atoms with E-state index in [2.05, 4.69) is 18.3 Å². The minimum Gasteiger partial charge on any atom is -0.748 e. The normalized spacial score (nSPS) is 24.7. The number of amides is 1. The summed E-state index contributed by atoms with van der Waals surface area (Å²) in [4.78, 5) is 13.9. The third-order valence-corrected chi connectivity index (χ3v) is 12.0. The van der Waals surface area contributed by atoms with Crippen LogP contribution in [0.5, 0.6) is 0 Å². The van der Waals surface area contributed by atoms with E-state index in [1.54, 1.807) is 22.8 Å². The van der Waals surface area contributed by atoms with E-state index < -0.39 is 42.9 Å². The van der Waals surface area contributed by atoms with Gasteiger partial charge in [0.25, 0.3) is 6.73 Å². The highest BCUT2D eigenvalue weighted by Gasteiger charge is 2.54. The molecule has 2 aliphatic heterocycles. The number of aliphatic hydroxyl groups is 2. The fourth-order valence-electron chi connectivity index (χ4n) is 8.22. The monoisotopic (exact) mass is 722 g/mol. The summed E-state index contributed by atoms with van der Waals surface area (Å²) in [5.41, 5.74) is 7.19. The van der Waals surface area contributed by atoms with E-state index >= 15 is 0 Å². The maximum atomic E-state index is 12.3. The van der Waals surface area contributed by atoms with Gasteiger partial charge in [-0.2, -0.15) is 4.58 Å². The van der Waals surface area contributed by atoms with Crippen molar-refractivity contribution < 1.29 is 45.5 Å². The average Bonchev–Trinajstić information content (AvgIpc) is 3.67. The molecule has 50 heavy (non-hydrogen) atoms. The molecule has 4 aliphatic rings. The predicted molar refractivity (Wildman–Crippen MR) is 185 cm³/mol. The summed E-state index contributed by atoms with van der Waals surface area (Å²) in [6, 6.07) is 10.2. The van der Waals surface area contributed by atoms with Gasteiger partial charge in [-0.05, 0) is 87.9 Å². The van der Waals surface area contributed by atoms with Gasteiger partial charge in [-0.15, -0.1) is 0 Å². The van der Waals surface area contributed by atoms with Crippen LogP contribution in [0.25, 0.3) is 0 Å². The molecule has 3 atom stereocenters. The standard InChI is InChI=1S/C36H41N3O9S2/c1-22-5-11-31-29(17-22)35(3)15-13-24(33(35)38(31)19-27(42)20-49(43,44)45)6-8-26(37-23(2)41)9-7-25-14-16-36(4)30-18-28(50(46,47)48)10-12-32(30)39(21-40)34(25)36/h5-12,17-18,27,40,42H,13-16,19-21H2,1-4H3,(H2,43,44,45,46,47,48)/p-1/b8-6+. The first-order chi connectivity index (χ1) is 23.4. The summed E-state index contributed by atoms with van der Waals surface area (Å²) in [5.74, 6) is -1.19. The zero-order valence-electron chi connectivity index (χ0n) is 28.3. The highest BCUT2D eigenvalue weighted by atomic mass is 32.2. The van der Waals surface area contributed by atoms with Crippen molar-refractivity contribution in [1.29, 1.82) is 0 Å². The summed E-state index contributed by atoms with van der Waals surface area (Å²) < 4.78 is 71.5. The van der Waals surface area contributed by atoms with Crippen LogP contribution >= 0.6 is 0 Å². The number of benzene rings is 2. The minimum absolute atomic E-state index is 0.0797. The predicted octanol–water partition coefficient (Wildman–Crippen LogP) is 3.23. The molecule has 12 nitrogen and oxygen atoms in total. The van der Waals surface area contributed by atoms with Crippen molar-refractivity contribution in [3.05, 3.63) is 99.9 Å². The molecular weight excluding hydrogens is 683 g/mol. The number of nitrogens with one attached hydrogen (secondary N) is 1. The lowest BCUT2D eigenvalue weighted by atomic mass is 9.81. The number of hydrogen-bond donors (Lipinski definition) is 3. The number of allylic oxidation sites excluding steroid dienone is 7. The lowest BCUT2D eigenvalue weighted by Crippen LogP contribution is -2.36. The number of aryl methyl sites for hydroxylation is 1. The molecule has 3 N–H and O–H groups in total. The zero-order valence-corrected chi connectivity index (χ0v) is 29.9. The number of hydrogen-bond acceptors (Lipinski definition) is 10. The molecular formula is C36H40N3O9S2-. The second-order valence-electron chi connectivity index (χ2n) is 13.9. The second-order valence-corrected chi connectivity index (χ2v) is 16.8. The number of carbonyl (C=O) groups is 1. The summed E-state index contributed by atoms with van der Waals surface area (Å²) in [7, 11) is -9.33. The van der Waals surface area contributed by atoms with E-state index in [9.17, 15) is 40.9 Å². The van der Waals surface area contributed by atoms with Crippen LogP contribution < -0.4 is 10.2 Å². The molecule has 1 saturated carbocycles. The number of fused-ring (bicyclic) bond motifs is 6. The molecule has 2 heterocycles. The van der Waals surface area contributed by atoms with E-state index in [1.165, 1.54) is 19.1 Å². The molecule has 3 unspecified atom stereocenters. The van der Waals surface area contributed by atoms with Gasteiger partial charge in [-0.1, -0.05) is 29.8 Å². The van der Waals surface area contributed by atoms with E-state index in [0.717, 1.165) is 45.8 Å². The largest absolute Gasteiger partial charge is 0.748 e. The number of β-amino-alcohol motifs (C(OH)–C–C–N with tert-alkyl or cyclic N) is 1. The van der Waals surface area contributed by atoms with Crippen LogP contribution in [0.2, 0.25) is 0 Å². The Labute approximate surface area is 292 Å². The van der Waals surface area contributed by atoms with Crippen LogP contribution in [-0.4, -0.2) is 77.5 Å². The molecule has 1 amide bonds. The van der Waals surface area contributed by atoms with E-state index in [4.69, 9.17) is 0 Å². The van der Waals surface area contributed by atoms with Gasteiger partial charge in [0.05, 0.1) is 32.3 Å². The van der Waals surface area contributed by atoms with Crippen LogP contribution in [0.3, 0.4) is 0 Å². The summed E-state index contributed by atoms with van der Waals surface area (Å²) in [6.45, 7) is 7.03. The van der Waals surface area contributed by atoms with Crippen LogP contribution in [0.15, 0.2) is 88.1 Å². The van der Waals surface area contributed by atoms with Gasteiger partial charge in [0.1, 0.15) is 10.1 Å². The molecule has 0 spiro atoms. The molecule has 2 aliphatic carbocycles. The van der Waals surface area contributed by atoms with Crippen LogP contribution in [0, 0.1) is 6.92 Å². The molecule has 0 bridgehead atoms. The highest BCUT2D eigenvalue weighted by molar-refractivity contribution is 7.86. The molecule has 14 heteroatoms. The first-order valence-corrected chi connectivity index (χ1v) is 19.3. The number of anilines is 1. The fourth-order valence-corrected chi connectivity index (χ4v) is 9.29. The lowest BCUT2D eigenvalue weighted by Gasteiger charge is -2.28. The van der Waals surface area contributed by atoms with Gasteiger partial charge in [-0.3, -0.25) is 4.79 Å².